The van der Waals surface area contributed by atoms with Crippen LogP contribution in [0.15, 0.2) is 41.4 Å². The normalized spacial score (nSPS) is 13.8. The summed E-state index contributed by atoms with van der Waals surface area (Å²) in [4.78, 5) is 47.6. The van der Waals surface area contributed by atoms with Gasteiger partial charge < -0.3 is 36.3 Å². The van der Waals surface area contributed by atoms with Crippen LogP contribution >= 0.6 is 0 Å². The molecule has 0 saturated heterocycles. The number of halogens is 3. The third-order valence-electron chi connectivity index (χ3n) is 5.31. The SMILES string of the molecule is NC(N)=Nc1ccc2c(c1)CCCOc1cc(CNS(=O)(=O)NC(CC(=O)O)C(=O)O)ccc1OC2=O.O=C(O)C(F)(F)F. The lowest BCUT2D eigenvalue weighted by Gasteiger charge is -2.17. The molecular formula is C24H26F3N5O11S. The fraction of sp³-hybridized carbons (Fsp3) is 0.292. The van der Waals surface area contributed by atoms with E-state index >= 15 is 0 Å². The molecule has 2 aromatic carbocycles. The van der Waals surface area contributed by atoms with Crippen molar-refractivity contribution in [1.82, 2.24) is 9.44 Å². The maximum atomic E-state index is 12.8. The molecule has 0 amide bonds. The highest BCUT2D eigenvalue weighted by Crippen LogP contribution is 2.31. The molecule has 9 N–H and O–H groups in total. The maximum Gasteiger partial charge on any atom is 0.490 e. The van der Waals surface area contributed by atoms with Crippen LogP contribution < -0.4 is 30.4 Å². The first-order chi connectivity index (χ1) is 20.4. The van der Waals surface area contributed by atoms with E-state index < -0.39 is 52.7 Å². The van der Waals surface area contributed by atoms with Crippen molar-refractivity contribution in [1.29, 1.82) is 0 Å². The van der Waals surface area contributed by atoms with Crippen LogP contribution in [-0.4, -0.2) is 72.4 Å². The highest BCUT2D eigenvalue weighted by molar-refractivity contribution is 7.87. The summed E-state index contributed by atoms with van der Waals surface area (Å²) >= 11 is 0. The largest absolute Gasteiger partial charge is 0.490 e. The van der Waals surface area contributed by atoms with Crippen molar-refractivity contribution in [3.63, 3.8) is 0 Å². The van der Waals surface area contributed by atoms with Crippen LogP contribution in [-0.2, 0) is 37.6 Å². The number of aliphatic carboxylic acids is 3. The van der Waals surface area contributed by atoms with Gasteiger partial charge in [-0.2, -0.15) is 31.0 Å². The van der Waals surface area contributed by atoms with Gasteiger partial charge in [-0.15, -0.1) is 0 Å². The van der Waals surface area contributed by atoms with Crippen molar-refractivity contribution in [2.75, 3.05) is 6.61 Å². The highest BCUT2D eigenvalue weighted by atomic mass is 32.2. The maximum absolute atomic E-state index is 12.8. The molecule has 2 aromatic rings. The summed E-state index contributed by atoms with van der Waals surface area (Å²) in [5, 5.41) is 24.9. The number of rotatable bonds is 9. The van der Waals surface area contributed by atoms with E-state index in [1.165, 1.54) is 18.2 Å². The van der Waals surface area contributed by atoms with Crippen LogP contribution in [0.4, 0.5) is 18.9 Å². The molecule has 240 valence electrons. The molecule has 1 aliphatic rings. The van der Waals surface area contributed by atoms with E-state index in [9.17, 15) is 36.0 Å². The van der Waals surface area contributed by atoms with Crippen molar-refractivity contribution in [3.8, 4) is 11.5 Å². The zero-order valence-corrected chi connectivity index (χ0v) is 23.1. The number of fused-ring (bicyclic) bond motifs is 2. The molecule has 0 bridgehead atoms. The average Bonchev–Trinajstić information content (AvgIpc) is 2.89. The van der Waals surface area contributed by atoms with Crippen molar-refractivity contribution >= 4 is 45.7 Å². The zero-order chi connectivity index (χ0) is 33.2. The van der Waals surface area contributed by atoms with Gasteiger partial charge in [0.2, 0.25) is 0 Å². The third-order valence-corrected chi connectivity index (χ3v) is 6.43. The van der Waals surface area contributed by atoms with E-state index in [1.807, 2.05) is 0 Å². The third kappa shape index (κ3) is 11.4. The number of guanidine groups is 1. The Hall–Kier alpha value is -4.95. The van der Waals surface area contributed by atoms with Crippen LogP contribution in [0.5, 0.6) is 11.5 Å². The predicted molar refractivity (Wildman–Crippen MR) is 143 cm³/mol. The minimum Gasteiger partial charge on any atom is -0.490 e. The molecule has 0 aromatic heterocycles. The quantitative estimate of drug-likeness (QED) is 0.0851. The van der Waals surface area contributed by atoms with Crippen LogP contribution in [0.3, 0.4) is 0 Å². The number of carbonyl (C=O) groups is 4. The van der Waals surface area contributed by atoms with Crippen molar-refractivity contribution < 1.29 is 65.6 Å². The number of nitrogens with two attached hydrogens (primary N) is 2. The Morgan fingerprint density at radius 3 is 2.27 bits per heavy atom. The second-order valence-corrected chi connectivity index (χ2v) is 10.3. The van der Waals surface area contributed by atoms with Crippen LogP contribution in [0.25, 0.3) is 0 Å². The molecular weight excluding hydrogens is 623 g/mol. The number of ether oxygens (including phenoxy) is 2. The van der Waals surface area contributed by atoms with Gasteiger partial charge in [0.15, 0.2) is 17.5 Å². The van der Waals surface area contributed by atoms with Gasteiger partial charge in [-0.3, -0.25) is 9.59 Å². The van der Waals surface area contributed by atoms with E-state index in [2.05, 4.69) is 9.71 Å². The number of esters is 1. The number of aryl methyl sites for hydroxylation is 1. The first kappa shape index (κ1) is 35.2. The Labute approximate surface area is 246 Å². The first-order valence-electron chi connectivity index (χ1n) is 12.1. The topological polar surface area (TPSA) is 270 Å². The number of carboxylic acids is 3. The molecule has 0 fully saturated rings. The summed E-state index contributed by atoms with van der Waals surface area (Å²) in [6, 6.07) is 7.38. The van der Waals surface area contributed by atoms with Crippen LogP contribution in [0.1, 0.15) is 34.3 Å². The molecule has 1 aliphatic heterocycles. The van der Waals surface area contributed by atoms with E-state index in [0.29, 0.717) is 35.2 Å². The Bertz CT molecular complexity index is 1540. The molecule has 20 heteroatoms. The summed E-state index contributed by atoms with van der Waals surface area (Å²) < 4.78 is 71.4. The number of alkyl halides is 3. The number of carboxylic acid groups (broad SMARTS) is 3. The van der Waals surface area contributed by atoms with Gasteiger partial charge in [-0.25, -0.2) is 14.6 Å². The van der Waals surface area contributed by atoms with E-state index in [1.54, 1.807) is 22.9 Å². The summed E-state index contributed by atoms with van der Waals surface area (Å²) in [5.74, 6) is -6.30. The number of aliphatic imine (C=N–C) groups is 1. The molecule has 0 saturated carbocycles. The fourth-order valence-corrected chi connectivity index (χ4v) is 4.42. The minimum absolute atomic E-state index is 0.114. The van der Waals surface area contributed by atoms with Crippen molar-refractivity contribution in [3.05, 3.63) is 53.1 Å². The molecule has 1 atom stereocenters. The standard InChI is InChI=1S/C22H25N5O9S.C2HF3O2/c23-22(24)26-14-4-5-15-13(9-14)2-1-7-35-18-8-12(3-6-17(18)36-21(15)32)11-25-37(33,34)27-16(20(30)31)10-19(28)29;3-2(4,5)1(6)7/h3-6,8-9,16,25,27H,1-2,7,10-11H2,(H,28,29)(H,30,31)(H4,23,24,26);(H,6,7). The fourth-order valence-electron chi connectivity index (χ4n) is 3.43. The molecule has 1 unspecified atom stereocenters. The van der Waals surface area contributed by atoms with Gasteiger partial charge in [0.1, 0.15) is 6.04 Å². The van der Waals surface area contributed by atoms with Gasteiger partial charge in [0.05, 0.1) is 24.3 Å². The predicted octanol–water partition coefficient (Wildman–Crippen LogP) is 0.621. The number of hydrogen-bond acceptors (Lipinski definition) is 9. The molecule has 16 nitrogen and oxygen atoms in total. The van der Waals surface area contributed by atoms with E-state index in [4.69, 9.17) is 41.1 Å². The molecule has 0 radical (unpaired) electrons. The van der Waals surface area contributed by atoms with E-state index in [-0.39, 0.29) is 30.6 Å². The summed E-state index contributed by atoms with van der Waals surface area (Å²) in [7, 11) is -4.36. The number of hydrogen-bond donors (Lipinski definition) is 7. The highest BCUT2D eigenvalue weighted by Gasteiger charge is 2.38. The summed E-state index contributed by atoms with van der Waals surface area (Å²) in [6.07, 6.45) is -5.02. The average molecular weight is 650 g/mol. The van der Waals surface area contributed by atoms with Gasteiger partial charge in [0, 0.05) is 6.54 Å². The smallest absolute Gasteiger partial charge is 0.490 e. The second-order valence-electron chi connectivity index (χ2n) is 8.73. The lowest BCUT2D eigenvalue weighted by molar-refractivity contribution is -0.192. The lowest BCUT2D eigenvalue weighted by Crippen LogP contribution is -2.47. The molecule has 0 aliphatic carbocycles. The van der Waals surface area contributed by atoms with Gasteiger partial charge in [-0.05, 0) is 54.3 Å². The van der Waals surface area contributed by atoms with Crippen molar-refractivity contribution in [2.45, 2.75) is 38.0 Å². The number of carbonyl (C=O) groups excluding carboxylic acids is 1. The Kier molecular flexibility index (Phi) is 12.0. The molecule has 3 rings (SSSR count). The summed E-state index contributed by atoms with van der Waals surface area (Å²) in [5.41, 5.74) is 12.8. The van der Waals surface area contributed by atoms with Gasteiger partial charge >= 0.3 is 30.1 Å². The Morgan fingerprint density at radius 1 is 1.05 bits per heavy atom. The monoisotopic (exact) mass is 649 g/mol. The minimum atomic E-state index is -5.08. The molecule has 1 heterocycles. The first-order valence-corrected chi connectivity index (χ1v) is 13.6. The van der Waals surface area contributed by atoms with Gasteiger partial charge in [0.25, 0.3) is 10.2 Å². The van der Waals surface area contributed by atoms with Crippen LogP contribution in [0, 0.1) is 0 Å². The zero-order valence-electron chi connectivity index (χ0n) is 22.3. The number of nitrogens with one attached hydrogen (secondary N) is 2. The second kappa shape index (κ2) is 15.0. The number of benzene rings is 2. The Morgan fingerprint density at radius 2 is 1.70 bits per heavy atom. The van der Waals surface area contributed by atoms with Gasteiger partial charge in [-0.1, -0.05) is 6.07 Å². The lowest BCUT2D eigenvalue weighted by atomic mass is 10.0. The molecule has 0 spiro atoms. The van der Waals surface area contributed by atoms with E-state index in [0.717, 1.165) is 0 Å². The number of nitrogens with zero attached hydrogens (tertiary/aromatic N) is 1. The van der Waals surface area contributed by atoms with Crippen LogP contribution in [0.2, 0.25) is 0 Å². The Balaban J connectivity index is 0.000000860. The summed E-state index contributed by atoms with van der Waals surface area (Å²) in [6.45, 7) is -0.0293. The molecule has 44 heavy (non-hydrogen) atoms. The van der Waals surface area contributed by atoms with Crippen molar-refractivity contribution in [2.24, 2.45) is 16.5 Å².